The third-order valence-electron chi connectivity index (χ3n) is 4.93. The third kappa shape index (κ3) is 5.03. The van der Waals surface area contributed by atoms with E-state index >= 15 is 0 Å². The van der Waals surface area contributed by atoms with Gasteiger partial charge in [0.25, 0.3) is 0 Å². The molecule has 0 amide bonds. The van der Waals surface area contributed by atoms with Gasteiger partial charge in [-0.05, 0) is 37.7 Å². The number of methoxy groups -OCH3 is 1. The standard InChI is InChI=1S/C18H25N7O3/c1-28-16-6-7-20-9-13(16)10-22-18-23-11-15(25(26)27)17(24-18)21-8-12-2-4-14(19)5-3-12/h6-7,9,11-12,14H,2-5,8,10,19H2,1H3,(H2,21,22,23,24)/t12-,14-. The van der Waals surface area contributed by atoms with Gasteiger partial charge in [0.05, 0.1) is 12.0 Å². The van der Waals surface area contributed by atoms with Crippen LogP contribution in [0.5, 0.6) is 5.75 Å². The van der Waals surface area contributed by atoms with E-state index in [0.29, 0.717) is 30.7 Å². The number of nitrogens with two attached hydrogens (primary N) is 1. The predicted molar refractivity (Wildman–Crippen MR) is 105 cm³/mol. The van der Waals surface area contributed by atoms with E-state index in [0.717, 1.165) is 31.2 Å². The second-order valence-corrected chi connectivity index (χ2v) is 6.89. The zero-order chi connectivity index (χ0) is 19.9. The quantitative estimate of drug-likeness (QED) is 0.459. The summed E-state index contributed by atoms with van der Waals surface area (Å²) in [5, 5.41) is 17.5. The van der Waals surface area contributed by atoms with Crippen LogP contribution >= 0.6 is 0 Å². The number of nitro groups is 1. The molecule has 1 aliphatic carbocycles. The SMILES string of the molecule is COc1ccncc1CNc1ncc([N+](=O)[O-])c(NC[C@H]2CC[C@H](N)CC2)n1. The fourth-order valence-electron chi connectivity index (χ4n) is 3.28. The lowest BCUT2D eigenvalue weighted by molar-refractivity contribution is -0.384. The molecular weight excluding hydrogens is 362 g/mol. The Hall–Kier alpha value is -3.01. The van der Waals surface area contributed by atoms with Crippen LogP contribution in [-0.2, 0) is 6.54 Å². The minimum Gasteiger partial charge on any atom is -0.496 e. The van der Waals surface area contributed by atoms with Crippen LogP contribution in [0, 0.1) is 16.0 Å². The average molecular weight is 387 g/mol. The van der Waals surface area contributed by atoms with Gasteiger partial charge in [-0.3, -0.25) is 15.1 Å². The molecule has 2 heterocycles. The number of rotatable bonds is 8. The number of ether oxygens (including phenoxy) is 1. The van der Waals surface area contributed by atoms with Crippen LogP contribution in [0.4, 0.5) is 17.5 Å². The van der Waals surface area contributed by atoms with Gasteiger partial charge < -0.3 is 21.1 Å². The molecule has 0 saturated heterocycles. The molecule has 0 spiro atoms. The number of pyridine rings is 1. The Bertz CT molecular complexity index is 810. The summed E-state index contributed by atoms with van der Waals surface area (Å²) < 4.78 is 5.29. The van der Waals surface area contributed by atoms with E-state index in [1.807, 2.05) is 0 Å². The molecule has 0 atom stereocenters. The molecule has 0 aromatic carbocycles. The molecule has 2 aromatic heterocycles. The van der Waals surface area contributed by atoms with Gasteiger partial charge in [-0.25, -0.2) is 4.98 Å². The van der Waals surface area contributed by atoms with Gasteiger partial charge in [0, 0.05) is 37.1 Å². The maximum Gasteiger partial charge on any atom is 0.329 e. The largest absolute Gasteiger partial charge is 0.496 e. The van der Waals surface area contributed by atoms with E-state index in [-0.39, 0.29) is 17.5 Å². The highest BCUT2D eigenvalue weighted by Gasteiger charge is 2.21. The third-order valence-corrected chi connectivity index (χ3v) is 4.93. The van der Waals surface area contributed by atoms with Crippen molar-refractivity contribution in [3.63, 3.8) is 0 Å². The van der Waals surface area contributed by atoms with Crippen molar-refractivity contribution in [2.45, 2.75) is 38.3 Å². The molecule has 4 N–H and O–H groups in total. The molecule has 1 saturated carbocycles. The van der Waals surface area contributed by atoms with Gasteiger partial charge in [-0.2, -0.15) is 4.98 Å². The number of hydrogen-bond acceptors (Lipinski definition) is 9. The van der Waals surface area contributed by atoms with Crippen LogP contribution in [-0.4, -0.2) is 39.6 Å². The first-order valence-electron chi connectivity index (χ1n) is 9.28. The van der Waals surface area contributed by atoms with E-state index in [2.05, 4.69) is 25.6 Å². The maximum absolute atomic E-state index is 11.3. The van der Waals surface area contributed by atoms with E-state index in [4.69, 9.17) is 10.5 Å². The Morgan fingerprint density at radius 3 is 2.79 bits per heavy atom. The molecule has 1 fully saturated rings. The lowest BCUT2D eigenvalue weighted by Crippen LogP contribution is -2.29. The predicted octanol–water partition coefficient (Wildman–Crippen LogP) is 2.33. The van der Waals surface area contributed by atoms with Gasteiger partial charge in [-0.1, -0.05) is 0 Å². The molecule has 0 radical (unpaired) electrons. The minimum absolute atomic E-state index is 0.142. The maximum atomic E-state index is 11.3. The van der Waals surface area contributed by atoms with Crippen LogP contribution in [0.3, 0.4) is 0 Å². The molecule has 10 nitrogen and oxygen atoms in total. The van der Waals surface area contributed by atoms with Crippen molar-refractivity contribution >= 4 is 17.5 Å². The number of hydrogen-bond donors (Lipinski definition) is 3. The van der Waals surface area contributed by atoms with Crippen molar-refractivity contribution in [2.75, 3.05) is 24.3 Å². The Morgan fingerprint density at radius 2 is 2.07 bits per heavy atom. The van der Waals surface area contributed by atoms with Crippen molar-refractivity contribution in [2.24, 2.45) is 11.7 Å². The first-order chi connectivity index (χ1) is 13.6. The normalized spacial score (nSPS) is 19.1. The summed E-state index contributed by atoms with van der Waals surface area (Å²) in [4.78, 5) is 23.3. The highest BCUT2D eigenvalue weighted by atomic mass is 16.6. The first-order valence-corrected chi connectivity index (χ1v) is 9.28. The topological polar surface area (TPSA) is 141 Å². The Labute approximate surface area is 163 Å². The second-order valence-electron chi connectivity index (χ2n) is 6.89. The molecular formula is C18H25N7O3. The monoisotopic (exact) mass is 387 g/mol. The van der Waals surface area contributed by atoms with Gasteiger partial charge in [-0.15, -0.1) is 0 Å². The lowest BCUT2D eigenvalue weighted by atomic mass is 9.86. The summed E-state index contributed by atoms with van der Waals surface area (Å²) in [7, 11) is 1.58. The van der Waals surface area contributed by atoms with Crippen molar-refractivity contribution in [1.29, 1.82) is 0 Å². The van der Waals surface area contributed by atoms with Crippen molar-refractivity contribution in [1.82, 2.24) is 15.0 Å². The summed E-state index contributed by atoms with van der Waals surface area (Å²) in [5.74, 6) is 1.64. The lowest BCUT2D eigenvalue weighted by Gasteiger charge is -2.26. The highest BCUT2D eigenvalue weighted by molar-refractivity contribution is 5.57. The van der Waals surface area contributed by atoms with Crippen molar-refractivity contribution < 1.29 is 9.66 Å². The van der Waals surface area contributed by atoms with E-state index in [9.17, 15) is 10.1 Å². The van der Waals surface area contributed by atoms with Crippen molar-refractivity contribution in [3.05, 3.63) is 40.3 Å². The smallest absolute Gasteiger partial charge is 0.329 e. The number of nitrogens with one attached hydrogen (secondary N) is 2. The van der Waals surface area contributed by atoms with Crippen LogP contribution < -0.4 is 21.1 Å². The van der Waals surface area contributed by atoms with Gasteiger partial charge in [0.1, 0.15) is 11.9 Å². The minimum atomic E-state index is -0.479. The highest BCUT2D eigenvalue weighted by Crippen LogP contribution is 2.26. The summed E-state index contributed by atoms with van der Waals surface area (Å²) in [6.45, 7) is 1.01. The molecule has 28 heavy (non-hydrogen) atoms. The molecule has 0 bridgehead atoms. The van der Waals surface area contributed by atoms with Crippen LogP contribution in [0.2, 0.25) is 0 Å². The van der Waals surface area contributed by atoms with Gasteiger partial charge >= 0.3 is 5.69 Å². The van der Waals surface area contributed by atoms with Crippen LogP contribution in [0.25, 0.3) is 0 Å². The first kappa shape index (κ1) is 19.7. The fourth-order valence-corrected chi connectivity index (χ4v) is 3.28. The Morgan fingerprint density at radius 1 is 1.29 bits per heavy atom. The molecule has 0 aliphatic heterocycles. The molecule has 150 valence electrons. The average Bonchev–Trinajstić information content (AvgIpc) is 2.72. The summed E-state index contributed by atoms with van der Waals surface area (Å²) >= 11 is 0. The number of nitrogens with zero attached hydrogens (tertiary/aromatic N) is 4. The summed E-state index contributed by atoms with van der Waals surface area (Å²) in [5.41, 5.74) is 6.63. The zero-order valence-electron chi connectivity index (χ0n) is 15.8. The zero-order valence-corrected chi connectivity index (χ0v) is 15.8. The van der Waals surface area contributed by atoms with Crippen LogP contribution in [0.15, 0.2) is 24.7 Å². The Balaban J connectivity index is 1.67. The number of anilines is 2. The molecule has 1 aliphatic rings. The van der Waals surface area contributed by atoms with Crippen molar-refractivity contribution in [3.8, 4) is 5.75 Å². The number of aromatic nitrogens is 3. The molecule has 10 heteroatoms. The second kappa shape index (κ2) is 9.27. The summed E-state index contributed by atoms with van der Waals surface area (Å²) in [6.07, 6.45) is 8.54. The van der Waals surface area contributed by atoms with Gasteiger partial charge in [0.2, 0.25) is 11.8 Å². The van der Waals surface area contributed by atoms with Crippen LogP contribution in [0.1, 0.15) is 31.2 Å². The van der Waals surface area contributed by atoms with E-state index in [1.165, 1.54) is 6.20 Å². The molecule has 3 rings (SSSR count). The van der Waals surface area contributed by atoms with Gasteiger partial charge in [0.15, 0.2) is 0 Å². The fraction of sp³-hybridized carbons (Fsp3) is 0.500. The summed E-state index contributed by atoms with van der Waals surface area (Å²) in [6, 6.07) is 2.03. The Kier molecular flexibility index (Phi) is 6.53. The van der Waals surface area contributed by atoms with E-state index in [1.54, 1.807) is 25.6 Å². The molecule has 2 aromatic rings. The van der Waals surface area contributed by atoms with E-state index < -0.39 is 4.92 Å². The molecule has 0 unspecified atom stereocenters.